The van der Waals surface area contributed by atoms with Gasteiger partial charge in [0, 0.05) is 17.0 Å². The van der Waals surface area contributed by atoms with Crippen LogP contribution in [0.25, 0.3) is 0 Å². The molecule has 7 nitrogen and oxygen atoms in total. The number of aryl methyl sites for hydroxylation is 1. The summed E-state index contributed by atoms with van der Waals surface area (Å²) in [7, 11) is -4.43. The molecule has 2 aromatic carbocycles. The molecule has 1 N–H and O–H groups in total. The van der Waals surface area contributed by atoms with Crippen LogP contribution in [-0.4, -0.2) is 35.5 Å². The molecule has 0 bridgehead atoms. The smallest absolute Gasteiger partial charge is 0.336 e. The third kappa shape index (κ3) is 2.70. The Morgan fingerprint density at radius 1 is 1.10 bits per heavy atom. The number of amides is 1. The number of benzene rings is 2. The van der Waals surface area contributed by atoms with Gasteiger partial charge in [-0.05, 0) is 30.9 Å². The maximum Gasteiger partial charge on any atom is 0.336 e. The number of piperidine rings is 1. The number of sulfonamides is 1. The Balaban J connectivity index is 2.10. The lowest BCUT2D eigenvalue weighted by Crippen LogP contribution is -2.64. The van der Waals surface area contributed by atoms with E-state index < -0.39 is 45.1 Å². The van der Waals surface area contributed by atoms with Crippen LogP contribution in [0.3, 0.4) is 0 Å². The number of carbonyl (C=O) groups is 3. The van der Waals surface area contributed by atoms with Gasteiger partial charge in [-0.25, -0.2) is 17.5 Å². The minimum atomic E-state index is -4.43. The Morgan fingerprint density at radius 2 is 1.77 bits per heavy atom. The van der Waals surface area contributed by atoms with Crippen LogP contribution in [0, 0.1) is 11.8 Å². The fourth-order valence-electron chi connectivity index (χ4n) is 5.02. The number of Topliss-reactive ketones (excluding diaryl/α,β-unsaturated/α-hetero) is 1. The van der Waals surface area contributed by atoms with Crippen molar-refractivity contribution in [3.63, 3.8) is 0 Å². The highest BCUT2D eigenvalue weighted by molar-refractivity contribution is 7.90. The first-order valence-electron chi connectivity index (χ1n) is 10.3. The first-order valence-corrected chi connectivity index (χ1v) is 11.7. The van der Waals surface area contributed by atoms with Crippen LogP contribution < -0.4 is 0 Å². The Bertz CT molecular complexity index is 1190. The van der Waals surface area contributed by atoms with Crippen LogP contribution in [0.1, 0.15) is 48.2 Å². The van der Waals surface area contributed by atoms with E-state index in [9.17, 15) is 27.9 Å². The summed E-state index contributed by atoms with van der Waals surface area (Å²) in [5.41, 5.74) is -1.46. The van der Waals surface area contributed by atoms with Gasteiger partial charge < -0.3 is 5.11 Å². The number of rotatable bonds is 5. The van der Waals surface area contributed by atoms with Gasteiger partial charge in [-0.15, -0.1) is 0 Å². The molecular formula is C23H23NO6S. The van der Waals surface area contributed by atoms with Crippen molar-refractivity contribution in [2.75, 3.05) is 0 Å². The van der Waals surface area contributed by atoms with E-state index in [1.807, 2.05) is 0 Å². The Kier molecular flexibility index (Phi) is 5.00. The Hall–Kier alpha value is -3.00. The van der Waals surface area contributed by atoms with Gasteiger partial charge in [0.25, 0.3) is 10.0 Å². The number of hydrogen-bond acceptors (Lipinski definition) is 5. The maximum absolute atomic E-state index is 13.6. The molecule has 1 saturated heterocycles. The first kappa shape index (κ1) is 21.2. The highest BCUT2D eigenvalue weighted by atomic mass is 32.2. The molecule has 0 aliphatic carbocycles. The Morgan fingerprint density at radius 3 is 2.35 bits per heavy atom. The lowest BCUT2D eigenvalue weighted by molar-refractivity contribution is -0.163. The van der Waals surface area contributed by atoms with Crippen LogP contribution in [0.2, 0.25) is 0 Å². The minimum absolute atomic E-state index is 0.0289. The number of ketones is 1. The van der Waals surface area contributed by atoms with Crippen molar-refractivity contribution >= 4 is 27.7 Å². The number of hydrogen-bond donors (Lipinski definition) is 1. The number of nitrogens with zero attached hydrogens (tertiary/aromatic N) is 1. The van der Waals surface area contributed by atoms with Crippen LogP contribution in [0.5, 0.6) is 0 Å². The number of aliphatic carboxylic acids is 1. The van der Waals surface area contributed by atoms with Crippen LogP contribution in [0.15, 0.2) is 53.4 Å². The molecule has 1 fully saturated rings. The van der Waals surface area contributed by atoms with Crippen molar-refractivity contribution < 1.29 is 27.9 Å². The van der Waals surface area contributed by atoms with Crippen molar-refractivity contribution in [2.45, 2.75) is 43.5 Å². The van der Waals surface area contributed by atoms with Gasteiger partial charge in [-0.2, -0.15) is 0 Å². The van der Waals surface area contributed by atoms with E-state index in [0.29, 0.717) is 22.7 Å². The van der Waals surface area contributed by atoms with Gasteiger partial charge >= 0.3 is 5.97 Å². The van der Waals surface area contributed by atoms with Crippen molar-refractivity contribution in [1.82, 2.24) is 4.31 Å². The second kappa shape index (κ2) is 7.30. The monoisotopic (exact) mass is 441 g/mol. The van der Waals surface area contributed by atoms with Crippen molar-refractivity contribution in [3.05, 3.63) is 65.2 Å². The molecule has 4 rings (SSSR count). The van der Waals surface area contributed by atoms with Gasteiger partial charge in [0.2, 0.25) is 5.91 Å². The molecule has 2 aromatic rings. The summed E-state index contributed by atoms with van der Waals surface area (Å²) in [4.78, 5) is 39.7. The largest absolute Gasteiger partial charge is 0.479 e. The highest BCUT2D eigenvalue weighted by Gasteiger charge is 2.70. The Labute approximate surface area is 180 Å². The van der Waals surface area contributed by atoms with Gasteiger partial charge in [0.1, 0.15) is 0 Å². The molecule has 0 unspecified atom stereocenters. The second-order valence-corrected chi connectivity index (χ2v) is 9.70. The second-order valence-electron chi connectivity index (χ2n) is 7.95. The predicted molar refractivity (Wildman–Crippen MR) is 112 cm³/mol. The molecule has 1 amide bonds. The molecule has 0 aromatic heterocycles. The first-order chi connectivity index (χ1) is 14.7. The summed E-state index contributed by atoms with van der Waals surface area (Å²) in [6.45, 7) is 3.52. The molecule has 162 valence electrons. The molecule has 2 aliphatic heterocycles. The van der Waals surface area contributed by atoms with Gasteiger partial charge in [-0.1, -0.05) is 56.3 Å². The molecule has 0 spiro atoms. The summed E-state index contributed by atoms with van der Waals surface area (Å²) >= 11 is 0. The zero-order valence-electron chi connectivity index (χ0n) is 17.2. The normalized spacial score (nSPS) is 26.3. The average Bonchev–Trinajstić information content (AvgIpc) is 3.00. The highest BCUT2D eigenvalue weighted by Crippen LogP contribution is 2.56. The van der Waals surface area contributed by atoms with Crippen molar-refractivity contribution in [3.8, 4) is 0 Å². The minimum Gasteiger partial charge on any atom is -0.479 e. The number of fused-ring (bicyclic) bond motifs is 3. The van der Waals surface area contributed by atoms with Gasteiger partial charge in [0.05, 0.1) is 10.8 Å². The summed E-state index contributed by atoms with van der Waals surface area (Å²) in [6, 6.07) is 12.7. The van der Waals surface area contributed by atoms with Crippen molar-refractivity contribution in [2.24, 2.45) is 11.8 Å². The van der Waals surface area contributed by atoms with E-state index in [1.165, 1.54) is 6.07 Å². The van der Waals surface area contributed by atoms with E-state index in [4.69, 9.17) is 0 Å². The molecular weight excluding hydrogens is 418 g/mol. The topological polar surface area (TPSA) is 109 Å². The lowest BCUT2D eigenvalue weighted by atomic mass is 9.66. The van der Waals surface area contributed by atoms with Crippen LogP contribution in [0.4, 0.5) is 0 Å². The maximum atomic E-state index is 13.6. The molecule has 2 heterocycles. The molecule has 0 saturated carbocycles. The SMILES string of the molecule is CCc1cccc2c1[C@]1(C(=O)O)[C@@H](C(=O)c3ccccc3)C[C@@H](CC)C(=O)N1S2(=O)=O. The molecule has 8 heteroatoms. The number of carbonyl (C=O) groups excluding carboxylic acids is 2. The number of carboxylic acids is 1. The van der Waals surface area contributed by atoms with Crippen LogP contribution >= 0.6 is 0 Å². The quantitative estimate of drug-likeness (QED) is 0.715. The molecule has 31 heavy (non-hydrogen) atoms. The fourth-order valence-corrected chi connectivity index (χ4v) is 7.08. The molecule has 2 aliphatic rings. The van der Waals surface area contributed by atoms with Gasteiger partial charge in [0.15, 0.2) is 11.3 Å². The van der Waals surface area contributed by atoms with E-state index in [0.717, 1.165) is 0 Å². The van der Waals surface area contributed by atoms with E-state index >= 15 is 0 Å². The number of carboxylic acid groups (broad SMARTS) is 1. The summed E-state index contributed by atoms with van der Waals surface area (Å²) in [5.74, 6) is -4.75. The van der Waals surface area contributed by atoms with E-state index in [-0.39, 0.29) is 22.4 Å². The molecule has 3 atom stereocenters. The van der Waals surface area contributed by atoms with E-state index in [1.54, 1.807) is 56.3 Å². The van der Waals surface area contributed by atoms with Crippen LogP contribution in [-0.2, 0) is 31.6 Å². The van der Waals surface area contributed by atoms with Crippen molar-refractivity contribution in [1.29, 1.82) is 0 Å². The average molecular weight is 442 g/mol. The standard InChI is InChI=1S/C23H23NO6S/c1-3-14-11-8-12-18-19(14)23(22(27)28)17(20(25)16-9-6-5-7-10-16)13-15(4-2)21(26)24(23)31(18,29)30/h5-12,15,17H,3-4,13H2,1-2H3,(H,27,28)/t15-,17-,23+/m1/s1. The fraction of sp³-hybridized carbons (Fsp3) is 0.348. The third-order valence-electron chi connectivity index (χ3n) is 6.48. The summed E-state index contributed by atoms with van der Waals surface area (Å²) in [5, 5.41) is 10.5. The van der Waals surface area contributed by atoms with Gasteiger partial charge in [-0.3, -0.25) is 9.59 Å². The zero-order valence-corrected chi connectivity index (χ0v) is 18.1. The lowest BCUT2D eigenvalue weighted by Gasteiger charge is -2.45. The predicted octanol–water partition coefficient (Wildman–Crippen LogP) is 2.99. The summed E-state index contributed by atoms with van der Waals surface area (Å²) in [6.07, 6.45) is 0.633. The zero-order chi connectivity index (χ0) is 22.6. The van der Waals surface area contributed by atoms with E-state index in [2.05, 4.69) is 0 Å². The third-order valence-corrected chi connectivity index (χ3v) is 8.33. The molecule has 0 radical (unpaired) electrons. The summed E-state index contributed by atoms with van der Waals surface area (Å²) < 4.78 is 27.5.